The minimum atomic E-state index is -0.817. The van der Waals surface area contributed by atoms with Gasteiger partial charge in [-0.15, -0.1) is 0 Å². The molecule has 34 heavy (non-hydrogen) atoms. The van der Waals surface area contributed by atoms with Crippen LogP contribution in [0.5, 0.6) is 17.2 Å². The first-order chi connectivity index (χ1) is 16.3. The minimum absolute atomic E-state index is 0.00191. The van der Waals surface area contributed by atoms with E-state index >= 15 is 0 Å². The highest BCUT2D eigenvalue weighted by Crippen LogP contribution is 2.43. The van der Waals surface area contributed by atoms with E-state index in [-0.39, 0.29) is 17.9 Å². The Morgan fingerprint density at radius 1 is 0.971 bits per heavy atom. The molecule has 1 unspecified atom stereocenters. The largest absolute Gasteiger partial charge is 0.507 e. The number of benzene rings is 2. The summed E-state index contributed by atoms with van der Waals surface area (Å²) in [7, 11) is 6.12. The molecule has 8 nitrogen and oxygen atoms in total. The van der Waals surface area contributed by atoms with Gasteiger partial charge in [0.05, 0.1) is 38.5 Å². The van der Waals surface area contributed by atoms with Crippen LogP contribution in [0.2, 0.25) is 0 Å². The van der Waals surface area contributed by atoms with Gasteiger partial charge in [0.25, 0.3) is 11.7 Å². The molecule has 3 rings (SSSR count). The molecule has 1 saturated heterocycles. The first-order valence-corrected chi connectivity index (χ1v) is 10.9. The van der Waals surface area contributed by atoms with Crippen molar-refractivity contribution in [3.05, 3.63) is 58.2 Å². The molecular formula is C26H31NO7. The molecule has 1 fully saturated rings. The van der Waals surface area contributed by atoms with Gasteiger partial charge in [0.15, 0.2) is 11.5 Å². The first kappa shape index (κ1) is 25.1. The lowest BCUT2D eigenvalue weighted by atomic mass is 9.93. The highest BCUT2D eigenvalue weighted by Gasteiger charge is 2.46. The number of ether oxygens (including phenoxy) is 4. The number of aliphatic hydroxyl groups is 1. The molecule has 2 aromatic rings. The molecule has 1 aliphatic heterocycles. The number of ketones is 1. The number of aryl methyl sites for hydroxylation is 2. The van der Waals surface area contributed by atoms with Crippen LogP contribution >= 0.6 is 0 Å². The first-order valence-electron chi connectivity index (χ1n) is 10.9. The lowest BCUT2D eigenvalue weighted by Crippen LogP contribution is -2.31. The number of carbonyl (C=O) groups is 2. The molecule has 1 N–H and O–H groups in total. The molecule has 8 heteroatoms. The van der Waals surface area contributed by atoms with Crippen LogP contribution in [-0.4, -0.2) is 63.3 Å². The molecule has 1 heterocycles. The third kappa shape index (κ3) is 4.59. The second-order valence-corrected chi connectivity index (χ2v) is 8.12. The molecule has 0 spiro atoms. The fourth-order valence-electron chi connectivity index (χ4n) is 4.41. The zero-order valence-electron chi connectivity index (χ0n) is 20.4. The van der Waals surface area contributed by atoms with Crippen molar-refractivity contribution >= 4 is 17.4 Å². The number of amides is 1. The predicted octanol–water partition coefficient (Wildman–Crippen LogP) is 3.79. The van der Waals surface area contributed by atoms with Crippen molar-refractivity contribution in [3.63, 3.8) is 0 Å². The van der Waals surface area contributed by atoms with Gasteiger partial charge in [-0.3, -0.25) is 9.59 Å². The fraction of sp³-hybridized carbons (Fsp3) is 0.385. The van der Waals surface area contributed by atoms with Crippen molar-refractivity contribution in [1.29, 1.82) is 0 Å². The molecule has 1 atom stereocenters. The molecule has 1 aliphatic rings. The highest BCUT2D eigenvalue weighted by atomic mass is 16.5. The van der Waals surface area contributed by atoms with E-state index < -0.39 is 17.7 Å². The number of nitrogens with zero attached hydrogens (tertiary/aromatic N) is 1. The van der Waals surface area contributed by atoms with Crippen molar-refractivity contribution in [3.8, 4) is 17.2 Å². The molecule has 1 amide bonds. The zero-order chi connectivity index (χ0) is 25.0. The van der Waals surface area contributed by atoms with E-state index in [1.54, 1.807) is 31.4 Å². The number of methoxy groups -OCH3 is 4. The summed E-state index contributed by atoms with van der Waals surface area (Å²) in [5, 5.41) is 11.4. The van der Waals surface area contributed by atoms with Crippen LogP contribution in [0, 0.1) is 13.8 Å². The lowest BCUT2D eigenvalue weighted by molar-refractivity contribution is -0.140. The van der Waals surface area contributed by atoms with Gasteiger partial charge < -0.3 is 29.0 Å². The summed E-state index contributed by atoms with van der Waals surface area (Å²) in [5.74, 6) is -0.308. The number of Topliss-reactive ketones (excluding diaryl/α,β-unsaturated/α-hetero) is 1. The van der Waals surface area contributed by atoms with E-state index in [0.717, 1.165) is 11.1 Å². The van der Waals surface area contributed by atoms with Crippen LogP contribution in [0.4, 0.5) is 0 Å². The summed E-state index contributed by atoms with van der Waals surface area (Å²) in [6.07, 6.45) is 0.528. The number of aliphatic hydroxyl groups excluding tert-OH is 1. The number of rotatable bonds is 9. The van der Waals surface area contributed by atoms with Gasteiger partial charge >= 0.3 is 0 Å². The monoisotopic (exact) mass is 469 g/mol. The van der Waals surface area contributed by atoms with Gasteiger partial charge in [-0.2, -0.15) is 0 Å². The van der Waals surface area contributed by atoms with Crippen molar-refractivity contribution < 1.29 is 33.6 Å². The fourth-order valence-corrected chi connectivity index (χ4v) is 4.41. The van der Waals surface area contributed by atoms with Gasteiger partial charge in [0.1, 0.15) is 11.5 Å². The normalized spacial score (nSPS) is 17.2. The van der Waals surface area contributed by atoms with Gasteiger partial charge in [-0.25, -0.2) is 0 Å². The van der Waals surface area contributed by atoms with E-state index in [2.05, 4.69) is 0 Å². The molecule has 0 saturated carbocycles. The topological polar surface area (TPSA) is 94.5 Å². The van der Waals surface area contributed by atoms with E-state index in [1.807, 2.05) is 19.9 Å². The van der Waals surface area contributed by atoms with Crippen molar-refractivity contribution in [2.24, 2.45) is 0 Å². The van der Waals surface area contributed by atoms with Crippen molar-refractivity contribution in [1.82, 2.24) is 4.90 Å². The van der Waals surface area contributed by atoms with Gasteiger partial charge in [0.2, 0.25) is 0 Å². The Labute approximate surface area is 199 Å². The van der Waals surface area contributed by atoms with Crippen molar-refractivity contribution in [2.45, 2.75) is 26.3 Å². The number of likely N-dealkylation sites (tertiary alicyclic amines) is 1. The van der Waals surface area contributed by atoms with Gasteiger partial charge in [-0.1, -0.05) is 12.1 Å². The number of hydrogen-bond donors (Lipinski definition) is 1. The predicted molar refractivity (Wildman–Crippen MR) is 128 cm³/mol. The molecule has 2 aromatic carbocycles. The summed E-state index contributed by atoms with van der Waals surface area (Å²) in [6.45, 7) is 4.45. The van der Waals surface area contributed by atoms with Crippen LogP contribution in [0.3, 0.4) is 0 Å². The second-order valence-electron chi connectivity index (χ2n) is 8.12. The van der Waals surface area contributed by atoms with Gasteiger partial charge in [-0.05, 0) is 55.2 Å². The SMILES string of the molecule is COCCCN1C(=O)C(=O)/C(=C(/O)c2cc(C)cc(C)c2OC)C1c1ccc(OC)c(OC)c1. The summed E-state index contributed by atoms with van der Waals surface area (Å²) < 4.78 is 21.4. The van der Waals surface area contributed by atoms with Crippen LogP contribution in [-0.2, 0) is 14.3 Å². The van der Waals surface area contributed by atoms with Crippen LogP contribution in [0.15, 0.2) is 35.9 Å². The van der Waals surface area contributed by atoms with Gasteiger partial charge in [0, 0.05) is 20.3 Å². The molecule has 0 bridgehead atoms. The van der Waals surface area contributed by atoms with Crippen LogP contribution in [0.25, 0.3) is 5.76 Å². The average molecular weight is 470 g/mol. The third-order valence-corrected chi connectivity index (χ3v) is 5.89. The molecular weight excluding hydrogens is 438 g/mol. The second kappa shape index (κ2) is 10.6. The maximum atomic E-state index is 13.3. The standard InChI is InChI=1S/C26H31NO7/c1-15-12-16(2)25(34-6)18(13-15)23(28)21-22(17-8-9-19(32-4)20(14-17)33-5)27(10-7-11-31-3)26(30)24(21)29/h8-9,12-14,22,28H,7,10-11H2,1-6H3/b23-21+. The van der Waals surface area contributed by atoms with E-state index in [4.69, 9.17) is 18.9 Å². The zero-order valence-corrected chi connectivity index (χ0v) is 20.4. The molecule has 0 radical (unpaired) electrons. The summed E-state index contributed by atoms with van der Waals surface area (Å²) in [4.78, 5) is 27.8. The molecule has 182 valence electrons. The average Bonchev–Trinajstić information content (AvgIpc) is 3.07. The van der Waals surface area contributed by atoms with Crippen LogP contribution in [0.1, 0.15) is 34.7 Å². The lowest BCUT2D eigenvalue weighted by Gasteiger charge is -2.26. The van der Waals surface area contributed by atoms with E-state index in [1.165, 1.54) is 26.2 Å². The smallest absolute Gasteiger partial charge is 0.295 e. The maximum absolute atomic E-state index is 13.3. The van der Waals surface area contributed by atoms with E-state index in [9.17, 15) is 14.7 Å². The van der Waals surface area contributed by atoms with Crippen molar-refractivity contribution in [2.75, 3.05) is 41.6 Å². The Hall–Kier alpha value is -3.52. The van der Waals surface area contributed by atoms with Crippen LogP contribution < -0.4 is 14.2 Å². The minimum Gasteiger partial charge on any atom is -0.507 e. The molecule has 0 aliphatic carbocycles. The Kier molecular flexibility index (Phi) is 7.83. The molecule has 0 aromatic heterocycles. The number of hydrogen-bond acceptors (Lipinski definition) is 7. The Morgan fingerprint density at radius 3 is 2.29 bits per heavy atom. The Balaban J connectivity index is 2.26. The summed E-state index contributed by atoms with van der Waals surface area (Å²) in [5.41, 5.74) is 2.66. The number of carbonyl (C=O) groups excluding carboxylic acids is 2. The highest BCUT2D eigenvalue weighted by molar-refractivity contribution is 6.46. The quantitative estimate of drug-likeness (QED) is 0.258. The Bertz CT molecular complexity index is 1120. The summed E-state index contributed by atoms with van der Waals surface area (Å²) >= 11 is 0. The third-order valence-electron chi connectivity index (χ3n) is 5.89. The Morgan fingerprint density at radius 2 is 1.68 bits per heavy atom. The summed E-state index contributed by atoms with van der Waals surface area (Å²) in [6, 6.07) is 8.02. The van der Waals surface area contributed by atoms with E-state index in [0.29, 0.717) is 41.4 Å². The maximum Gasteiger partial charge on any atom is 0.295 e.